The molecular weight excluding hydrogens is 362 g/mol. The number of hydrogen-bond acceptors (Lipinski definition) is 0. The SMILES string of the molecule is Clc1cccc(C(CBr)[Se]c2ccccc2)c1. The van der Waals surface area contributed by atoms with Crippen LogP contribution in [0.25, 0.3) is 0 Å². The van der Waals surface area contributed by atoms with Crippen LogP contribution in [-0.4, -0.2) is 20.3 Å². The van der Waals surface area contributed by atoms with E-state index in [1.54, 1.807) is 0 Å². The molecule has 0 spiro atoms. The fraction of sp³-hybridized carbons (Fsp3) is 0.143. The van der Waals surface area contributed by atoms with E-state index in [0.717, 1.165) is 10.4 Å². The van der Waals surface area contributed by atoms with Gasteiger partial charge in [0.05, 0.1) is 0 Å². The van der Waals surface area contributed by atoms with Crippen LogP contribution in [0, 0.1) is 0 Å². The molecule has 1 atom stereocenters. The third kappa shape index (κ3) is 3.86. The van der Waals surface area contributed by atoms with Gasteiger partial charge in [-0.25, -0.2) is 0 Å². The molecule has 0 aliphatic rings. The summed E-state index contributed by atoms with van der Waals surface area (Å²) in [4.78, 5) is 0.531. The van der Waals surface area contributed by atoms with Crippen molar-refractivity contribution in [2.24, 2.45) is 0 Å². The van der Waals surface area contributed by atoms with E-state index in [1.165, 1.54) is 10.0 Å². The van der Waals surface area contributed by atoms with Crippen molar-refractivity contribution in [2.45, 2.75) is 4.82 Å². The summed E-state index contributed by atoms with van der Waals surface area (Å²) in [5.74, 6) is 0. The number of benzene rings is 2. The Labute approximate surface area is 122 Å². The van der Waals surface area contributed by atoms with E-state index < -0.39 is 0 Å². The van der Waals surface area contributed by atoms with Gasteiger partial charge in [0.1, 0.15) is 0 Å². The van der Waals surface area contributed by atoms with Gasteiger partial charge in [0, 0.05) is 0 Å². The van der Waals surface area contributed by atoms with E-state index >= 15 is 0 Å². The average Bonchev–Trinajstić information content (AvgIpc) is 2.37. The Morgan fingerprint density at radius 1 is 1.06 bits per heavy atom. The molecule has 1 unspecified atom stereocenters. The monoisotopic (exact) mass is 374 g/mol. The van der Waals surface area contributed by atoms with E-state index in [-0.39, 0.29) is 0 Å². The van der Waals surface area contributed by atoms with Gasteiger partial charge in [-0.1, -0.05) is 0 Å². The molecule has 2 rings (SSSR count). The van der Waals surface area contributed by atoms with Crippen LogP contribution in [-0.2, 0) is 0 Å². The minimum atomic E-state index is 0.426. The first-order valence-corrected chi connectivity index (χ1v) is 8.67. The van der Waals surface area contributed by atoms with Crippen molar-refractivity contribution >= 4 is 46.9 Å². The molecule has 0 aromatic heterocycles. The summed E-state index contributed by atoms with van der Waals surface area (Å²) in [5.41, 5.74) is 1.32. The summed E-state index contributed by atoms with van der Waals surface area (Å²) in [7, 11) is 0. The number of alkyl halides is 1. The van der Waals surface area contributed by atoms with Gasteiger partial charge in [0.15, 0.2) is 0 Å². The third-order valence-electron chi connectivity index (χ3n) is 2.38. The molecule has 0 saturated heterocycles. The first kappa shape index (κ1) is 13.2. The molecule has 17 heavy (non-hydrogen) atoms. The Kier molecular flexibility index (Phi) is 5.12. The van der Waals surface area contributed by atoms with E-state index in [4.69, 9.17) is 11.6 Å². The normalized spacial score (nSPS) is 12.4. The van der Waals surface area contributed by atoms with Crippen LogP contribution in [0.5, 0.6) is 0 Å². The van der Waals surface area contributed by atoms with Gasteiger partial charge >= 0.3 is 122 Å². The zero-order valence-corrected chi connectivity index (χ0v) is 13.2. The van der Waals surface area contributed by atoms with Crippen LogP contribution < -0.4 is 4.46 Å². The molecule has 0 aliphatic heterocycles. The molecule has 2 aromatic carbocycles. The van der Waals surface area contributed by atoms with Gasteiger partial charge in [-0.3, -0.25) is 0 Å². The first-order chi connectivity index (χ1) is 8.29. The average molecular weight is 375 g/mol. The molecule has 0 radical (unpaired) electrons. The molecule has 0 N–H and O–H groups in total. The van der Waals surface area contributed by atoms with Crippen molar-refractivity contribution in [1.29, 1.82) is 0 Å². The fourth-order valence-corrected chi connectivity index (χ4v) is 4.89. The van der Waals surface area contributed by atoms with Crippen LogP contribution in [0.2, 0.25) is 5.02 Å². The minimum absolute atomic E-state index is 0.426. The van der Waals surface area contributed by atoms with Gasteiger partial charge in [-0.05, 0) is 0 Å². The Morgan fingerprint density at radius 2 is 1.82 bits per heavy atom. The van der Waals surface area contributed by atoms with Crippen molar-refractivity contribution in [3.63, 3.8) is 0 Å². The molecule has 2 aromatic rings. The quantitative estimate of drug-likeness (QED) is 0.564. The molecular formula is C14H12BrClSe. The van der Waals surface area contributed by atoms with Crippen LogP contribution in [0.15, 0.2) is 54.6 Å². The maximum absolute atomic E-state index is 6.04. The van der Waals surface area contributed by atoms with E-state index in [9.17, 15) is 0 Å². The van der Waals surface area contributed by atoms with Crippen molar-refractivity contribution in [3.8, 4) is 0 Å². The molecule has 3 heteroatoms. The molecule has 0 nitrogen and oxygen atoms in total. The summed E-state index contributed by atoms with van der Waals surface area (Å²) >= 11 is 10.1. The van der Waals surface area contributed by atoms with Crippen LogP contribution in [0.4, 0.5) is 0 Å². The van der Waals surface area contributed by atoms with Crippen molar-refractivity contribution in [1.82, 2.24) is 0 Å². The predicted molar refractivity (Wildman–Crippen MR) is 79.8 cm³/mol. The van der Waals surface area contributed by atoms with Crippen molar-refractivity contribution < 1.29 is 0 Å². The number of rotatable bonds is 4. The topological polar surface area (TPSA) is 0 Å². The first-order valence-electron chi connectivity index (χ1n) is 5.33. The predicted octanol–water partition coefficient (Wildman–Crippen LogP) is 3.81. The Balaban J connectivity index is 2.17. The second kappa shape index (κ2) is 6.61. The van der Waals surface area contributed by atoms with Gasteiger partial charge in [-0.2, -0.15) is 0 Å². The van der Waals surface area contributed by atoms with Gasteiger partial charge < -0.3 is 0 Å². The fourth-order valence-electron chi connectivity index (χ4n) is 1.56. The van der Waals surface area contributed by atoms with Crippen molar-refractivity contribution in [3.05, 3.63) is 65.2 Å². The Morgan fingerprint density at radius 3 is 2.47 bits per heavy atom. The number of halogens is 2. The number of hydrogen-bond donors (Lipinski definition) is 0. The van der Waals surface area contributed by atoms with Crippen LogP contribution in [0.3, 0.4) is 0 Å². The van der Waals surface area contributed by atoms with Crippen LogP contribution in [0.1, 0.15) is 10.4 Å². The van der Waals surface area contributed by atoms with E-state index in [2.05, 4.69) is 58.4 Å². The zero-order chi connectivity index (χ0) is 12.1. The van der Waals surface area contributed by atoms with E-state index in [0.29, 0.717) is 19.8 Å². The van der Waals surface area contributed by atoms with Gasteiger partial charge in [-0.15, -0.1) is 0 Å². The van der Waals surface area contributed by atoms with Crippen LogP contribution >= 0.6 is 27.5 Å². The third-order valence-corrected chi connectivity index (χ3v) is 6.89. The molecule has 0 bridgehead atoms. The summed E-state index contributed by atoms with van der Waals surface area (Å²) in [6, 6.07) is 18.8. The summed E-state index contributed by atoms with van der Waals surface area (Å²) in [6.45, 7) is 0. The second-order valence-corrected chi connectivity index (χ2v) is 7.39. The van der Waals surface area contributed by atoms with Gasteiger partial charge in [0.2, 0.25) is 0 Å². The maximum atomic E-state index is 6.04. The molecule has 0 fully saturated rings. The molecule has 0 amide bonds. The molecule has 0 aliphatic carbocycles. The summed E-state index contributed by atoms with van der Waals surface area (Å²) < 4.78 is 1.42. The van der Waals surface area contributed by atoms with Gasteiger partial charge in [0.25, 0.3) is 0 Å². The Hall–Kier alpha value is -0.271. The zero-order valence-electron chi connectivity index (χ0n) is 9.14. The summed E-state index contributed by atoms with van der Waals surface area (Å²) in [6.07, 6.45) is 0. The molecule has 0 saturated carbocycles. The van der Waals surface area contributed by atoms with Crippen molar-refractivity contribution in [2.75, 3.05) is 5.33 Å². The summed E-state index contributed by atoms with van der Waals surface area (Å²) in [5, 5.41) is 1.79. The molecule has 0 heterocycles. The second-order valence-electron chi connectivity index (χ2n) is 3.63. The van der Waals surface area contributed by atoms with E-state index in [1.807, 2.05) is 12.1 Å². The Bertz CT molecular complexity index is 473. The molecule has 88 valence electrons. The standard InChI is InChI=1S/C14H12BrClSe/c15-10-14(11-5-4-6-12(16)9-11)17-13-7-2-1-3-8-13/h1-9,14H,10H2.